The summed E-state index contributed by atoms with van der Waals surface area (Å²) in [5.41, 5.74) is 1.05. The largest absolute Gasteiger partial charge is 0.486 e. The number of benzene rings is 1. The van der Waals surface area contributed by atoms with Crippen molar-refractivity contribution in [3.63, 3.8) is 0 Å². The van der Waals surface area contributed by atoms with Crippen LogP contribution in [0.25, 0.3) is 0 Å². The maximum atomic E-state index is 11.0. The number of carboxylic acid groups (broad SMARTS) is 1. The Labute approximate surface area is 119 Å². The predicted octanol–water partition coefficient (Wildman–Crippen LogP) is 2.32. The molecule has 1 N–H and O–H groups in total. The van der Waals surface area contributed by atoms with Gasteiger partial charge in [-0.1, -0.05) is 13.0 Å². The SMILES string of the molecule is CCCN(CC(=O)O)C(C)c1ccc2c(c1)OCCO2. The second-order valence-corrected chi connectivity index (χ2v) is 4.94. The Morgan fingerprint density at radius 2 is 2.05 bits per heavy atom. The highest BCUT2D eigenvalue weighted by atomic mass is 16.6. The summed E-state index contributed by atoms with van der Waals surface area (Å²) in [5.74, 6) is 0.697. The summed E-state index contributed by atoms with van der Waals surface area (Å²) in [6, 6.07) is 5.85. The van der Waals surface area contributed by atoms with Crippen LogP contribution in [0.15, 0.2) is 18.2 Å². The molecule has 0 aromatic heterocycles. The number of carboxylic acids is 1. The monoisotopic (exact) mass is 279 g/mol. The second-order valence-electron chi connectivity index (χ2n) is 4.94. The summed E-state index contributed by atoms with van der Waals surface area (Å²) in [4.78, 5) is 12.9. The average Bonchev–Trinajstić information content (AvgIpc) is 2.45. The Morgan fingerprint density at radius 1 is 1.35 bits per heavy atom. The molecule has 0 amide bonds. The molecule has 0 saturated carbocycles. The Hall–Kier alpha value is -1.75. The molecule has 110 valence electrons. The zero-order valence-corrected chi connectivity index (χ0v) is 12.0. The van der Waals surface area contributed by atoms with Gasteiger partial charge in [0, 0.05) is 6.04 Å². The van der Waals surface area contributed by atoms with E-state index in [2.05, 4.69) is 0 Å². The summed E-state index contributed by atoms with van der Waals surface area (Å²) >= 11 is 0. The van der Waals surface area contributed by atoms with Gasteiger partial charge in [-0.05, 0) is 37.6 Å². The van der Waals surface area contributed by atoms with Crippen molar-refractivity contribution in [2.24, 2.45) is 0 Å². The lowest BCUT2D eigenvalue weighted by molar-refractivity contribution is -0.138. The van der Waals surface area contributed by atoms with E-state index < -0.39 is 5.97 Å². The summed E-state index contributed by atoms with van der Waals surface area (Å²) in [5, 5.41) is 9.01. The van der Waals surface area contributed by atoms with E-state index in [0.717, 1.165) is 30.0 Å². The molecular formula is C15H21NO4. The minimum Gasteiger partial charge on any atom is -0.486 e. The maximum Gasteiger partial charge on any atom is 0.317 e. The summed E-state index contributed by atoms with van der Waals surface area (Å²) in [7, 11) is 0. The highest BCUT2D eigenvalue weighted by Crippen LogP contribution is 2.33. The van der Waals surface area contributed by atoms with Gasteiger partial charge in [0.15, 0.2) is 11.5 Å². The van der Waals surface area contributed by atoms with Gasteiger partial charge >= 0.3 is 5.97 Å². The zero-order valence-electron chi connectivity index (χ0n) is 12.0. The molecule has 1 aliphatic heterocycles. The van der Waals surface area contributed by atoms with Gasteiger partial charge in [-0.25, -0.2) is 0 Å². The van der Waals surface area contributed by atoms with Crippen molar-refractivity contribution >= 4 is 5.97 Å². The van der Waals surface area contributed by atoms with Gasteiger partial charge in [0.25, 0.3) is 0 Å². The van der Waals surface area contributed by atoms with Crippen LogP contribution in [-0.4, -0.2) is 42.3 Å². The lowest BCUT2D eigenvalue weighted by Crippen LogP contribution is -2.33. The third-order valence-electron chi connectivity index (χ3n) is 3.45. The van der Waals surface area contributed by atoms with Crippen molar-refractivity contribution < 1.29 is 19.4 Å². The van der Waals surface area contributed by atoms with Crippen molar-refractivity contribution in [2.75, 3.05) is 26.3 Å². The van der Waals surface area contributed by atoms with Crippen LogP contribution in [0.3, 0.4) is 0 Å². The molecule has 1 heterocycles. The number of carbonyl (C=O) groups is 1. The molecule has 0 bridgehead atoms. The minimum atomic E-state index is -0.803. The zero-order chi connectivity index (χ0) is 14.5. The topological polar surface area (TPSA) is 59.0 Å². The Morgan fingerprint density at radius 3 is 2.70 bits per heavy atom. The van der Waals surface area contributed by atoms with Crippen molar-refractivity contribution in [3.05, 3.63) is 23.8 Å². The highest BCUT2D eigenvalue weighted by Gasteiger charge is 2.20. The van der Waals surface area contributed by atoms with E-state index in [0.29, 0.717) is 13.2 Å². The number of aliphatic carboxylic acids is 1. The highest BCUT2D eigenvalue weighted by molar-refractivity contribution is 5.69. The third-order valence-corrected chi connectivity index (χ3v) is 3.45. The quantitative estimate of drug-likeness (QED) is 0.866. The van der Waals surface area contributed by atoms with Gasteiger partial charge in [0.2, 0.25) is 0 Å². The van der Waals surface area contributed by atoms with Crippen molar-refractivity contribution in [1.29, 1.82) is 0 Å². The van der Waals surface area contributed by atoms with E-state index in [9.17, 15) is 4.79 Å². The molecule has 0 saturated heterocycles. The van der Waals surface area contributed by atoms with E-state index in [4.69, 9.17) is 14.6 Å². The van der Waals surface area contributed by atoms with Gasteiger partial charge in [0.1, 0.15) is 13.2 Å². The molecule has 5 heteroatoms. The molecule has 1 aromatic carbocycles. The predicted molar refractivity (Wildman–Crippen MR) is 75.3 cm³/mol. The molecule has 0 radical (unpaired) electrons. The first-order valence-electron chi connectivity index (χ1n) is 6.97. The fourth-order valence-corrected chi connectivity index (χ4v) is 2.40. The third kappa shape index (κ3) is 3.42. The number of rotatable bonds is 6. The summed E-state index contributed by atoms with van der Waals surface area (Å²) < 4.78 is 11.1. The van der Waals surface area contributed by atoms with E-state index >= 15 is 0 Å². The number of ether oxygens (including phenoxy) is 2. The van der Waals surface area contributed by atoms with Gasteiger partial charge in [-0.3, -0.25) is 9.69 Å². The lowest BCUT2D eigenvalue weighted by atomic mass is 10.1. The molecule has 0 spiro atoms. The van der Waals surface area contributed by atoms with Crippen LogP contribution in [-0.2, 0) is 4.79 Å². The smallest absolute Gasteiger partial charge is 0.317 e. The molecule has 1 aliphatic rings. The number of nitrogens with zero attached hydrogens (tertiary/aromatic N) is 1. The maximum absolute atomic E-state index is 11.0. The molecule has 5 nitrogen and oxygen atoms in total. The number of hydrogen-bond acceptors (Lipinski definition) is 4. The van der Waals surface area contributed by atoms with Crippen LogP contribution in [0.4, 0.5) is 0 Å². The molecule has 0 fully saturated rings. The van der Waals surface area contributed by atoms with Crippen LogP contribution >= 0.6 is 0 Å². The Balaban J connectivity index is 2.17. The standard InChI is InChI=1S/C15H21NO4/c1-3-6-16(10-15(17)18)11(2)12-4-5-13-14(9-12)20-8-7-19-13/h4-5,9,11H,3,6-8,10H2,1-2H3,(H,17,18). The van der Waals surface area contributed by atoms with E-state index in [-0.39, 0.29) is 12.6 Å². The number of hydrogen-bond donors (Lipinski definition) is 1. The second kappa shape index (κ2) is 6.61. The molecule has 1 aromatic rings. The van der Waals surface area contributed by atoms with Crippen LogP contribution in [0.1, 0.15) is 31.9 Å². The first-order chi connectivity index (χ1) is 9.61. The van der Waals surface area contributed by atoms with Gasteiger partial charge in [-0.2, -0.15) is 0 Å². The molecule has 20 heavy (non-hydrogen) atoms. The normalized spacial score (nSPS) is 15.2. The molecule has 2 rings (SSSR count). The van der Waals surface area contributed by atoms with Crippen molar-refractivity contribution in [3.8, 4) is 11.5 Å². The van der Waals surface area contributed by atoms with E-state index in [1.807, 2.05) is 36.9 Å². The molecule has 0 aliphatic carbocycles. The minimum absolute atomic E-state index is 0.0295. The fraction of sp³-hybridized carbons (Fsp3) is 0.533. The first kappa shape index (κ1) is 14.7. The van der Waals surface area contributed by atoms with Gasteiger partial charge < -0.3 is 14.6 Å². The van der Waals surface area contributed by atoms with E-state index in [1.54, 1.807) is 0 Å². The molecule has 1 unspecified atom stereocenters. The average molecular weight is 279 g/mol. The van der Waals surface area contributed by atoms with Gasteiger partial charge in [-0.15, -0.1) is 0 Å². The number of fused-ring (bicyclic) bond motifs is 1. The van der Waals surface area contributed by atoms with Crippen LogP contribution in [0.2, 0.25) is 0 Å². The Bertz CT molecular complexity index is 475. The first-order valence-corrected chi connectivity index (χ1v) is 6.97. The van der Waals surface area contributed by atoms with Crippen LogP contribution in [0.5, 0.6) is 11.5 Å². The van der Waals surface area contributed by atoms with Crippen LogP contribution < -0.4 is 9.47 Å². The molecular weight excluding hydrogens is 258 g/mol. The Kier molecular flexibility index (Phi) is 4.84. The van der Waals surface area contributed by atoms with Gasteiger partial charge in [0.05, 0.1) is 6.54 Å². The summed E-state index contributed by atoms with van der Waals surface area (Å²) in [6.07, 6.45) is 0.919. The van der Waals surface area contributed by atoms with Crippen LogP contribution in [0, 0.1) is 0 Å². The fourth-order valence-electron chi connectivity index (χ4n) is 2.40. The lowest BCUT2D eigenvalue weighted by Gasteiger charge is -2.28. The van der Waals surface area contributed by atoms with Crippen molar-refractivity contribution in [2.45, 2.75) is 26.3 Å². The van der Waals surface area contributed by atoms with Crippen molar-refractivity contribution in [1.82, 2.24) is 4.90 Å². The molecule has 1 atom stereocenters. The summed E-state index contributed by atoms with van der Waals surface area (Å²) in [6.45, 7) is 5.99. The van der Waals surface area contributed by atoms with E-state index in [1.165, 1.54) is 0 Å².